The maximum Gasteiger partial charge on any atom is 0.416 e. The van der Waals surface area contributed by atoms with Crippen LogP contribution in [0.1, 0.15) is 5.56 Å². The lowest BCUT2D eigenvalue weighted by Gasteiger charge is -2.33. The summed E-state index contributed by atoms with van der Waals surface area (Å²) in [7, 11) is 1.58. The molecule has 0 aromatic heterocycles. The van der Waals surface area contributed by atoms with E-state index < -0.39 is 23.5 Å². The molecule has 142 valence electrons. The van der Waals surface area contributed by atoms with Crippen molar-refractivity contribution in [3.05, 3.63) is 65.7 Å². The van der Waals surface area contributed by atoms with Gasteiger partial charge in [-0.25, -0.2) is 10.0 Å². The smallest absolute Gasteiger partial charge is 0.416 e. The number of fused-ring (bicyclic) bond motifs is 3. The number of anilines is 3. The largest absolute Gasteiger partial charge is 0.492 e. The van der Waals surface area contributed by atoms with Gasteiger partial charge in [-0.2, -0.15) is 13.2 Å². The van der Waals surface area contributed by atoms with Crippen LogP contribution in [0.25, 0.3) is 0 Å². The molecule has 0 unspecified atom stereocenters. The average Bonchev–Trinajstić information content (AvgIpc) is 2.97. The monoisotopic (exact) mass is 380 g/mol. The molecule has 2 aromatic carbocycles. The predicted molar refractivity (Wildman–Crippen MR) is 92.7 cm³/mol. The van der Waals surface area contributed by atoms with Gasteiger partial charge in [0, 0.05) is 7.05 Å². The summed E-state index contributed by atoms with van der Waals surface area (Å²) in [6.07, 6.45) is -4.45. The lowest BCUT2D eigenvalue weighted by atomic mass is 10.1. The molecular formula is C17H15F3N4O3. The molecule has 7 nitrogen and oxygen atoms in total. The van der Waals surface area contributed by atoms with Crippen LogP contribution in [0.3, 0.4) is 0 Å². The van der Waals surface area contributed by atoms with Gasteiger partial charge in [-0.3, -0.25) is 4.79 Å². The van der Waals surface area contributed by atoms with Crippen LogP contribution in [0, 0.1) is 0 Å². The Morgan fingerprint density at radius 2 is 1.56 bits per heavy atom. The van der Waals surface area contributed by atoms with Crippen molar-refractivity contribution in [1.82, 2.24) is 5.53 Å². The number of aliphatic hydroxyl groups excluding tert-OH is 1. The molecular weight excluding hydrogens is 365 g/mol. The lowest BCUT2D eigenvalue weighted by Crippen LogP contribution is -2.47. The van der Waals surface area contributed by atoms with Crippen LogP contribution in [0.15, 0.2) is 60.1 Å². The van der Waals surface area contributed by atoms with E-state index in [2.05, 4.69) is 5.53 Å². The Kier molecular flexibility index (Phi) is 4.25. The van der Waals surface area contributed by atoms with E-state index in [1.54, 1.807) is 31.3 Å². The number of nitrogens with zero attached hydrogens (tertiary/aromatic N) is 3. The van der Waals surface area contributed by atoms with Crippen molar-refractivity contribution in [2.45, 2.75) is 6.18 Å². The first-order chi connectivity index (χ1) is 12.3. The first-order valence-electron chi connectivity index (χ1n) is 7.63. The van der Waals surface area contributed by atoms with E-state index in [-0.39, 0.29) is 16.9 Å². The minimum atomic E-state index is -4.45. The molecule has 10 heteroatoms. The van der Waals surface area contributed by atoms with Gasteiger partial charge in [0.15, 0.2) is 5.70 Å². The molecule has 0 aliphatic carbocycles. The summed E-state index contributed by atoms with van der Waals surface area (Å²) in [5.41, 5.74) is 3.55. The van der Waals surface area contributed by atoms with E-state index >= 15 is 0 Å². The molecule has 2 aromatic rings. The highest BCUT2D eigenvalue weighted by molar-refractivity contribution is 6.13. The number of rotatable bonds is 1. The Hall–Kier alpha value is -3.24. The average molecular weight is 380 g/mol. The van der Waals surface area contributed by atoms with E-state index in [0.29, 0.717) is 11.4 Å². The second-order valence-electron chi connectivity index (χ2n) is 5.84. The fourth-order valence-corrected chi connectivity index (χ4v) is 2.95. The van der Waals surface area contributed by atoms with Crippen LogP contribution in [0.2, 0.25) is 0 Å². The van der Waals surface area contributed by atoms with Crippen LogP contribution in [-0.4, -0.2) is 23.5 Å². The maximum atomic E-state index is 12.7. The molecule has 1 amide bonds. The van der Waals surface area contributed by atoms with Gasteiger partial charge < -0.3 is 15.5 Å². The fraction of sp³-hybridized carbons (Fsp3) is 0.118. The number of amides is 1. The van der Waals surface area contributed by atoms with Gasteiger partial charge in [0.1, 0.15) is 0 Å². The van der Waals surface area contributed by atoms with Crippen LogP contribution >= 0.6 is 0 Å². The Morgan fingerprint density at radius 3 is 2.15 bits per heavy atom. The standard InChI is InChI=1S/C17H13F3N4O2.H2O/c1-22-12-4-2-3-5-13(12)24-14(15(22)25)16(26)23(21-24)11-8-6-10(7-9-11)17(18,19)20;/h2-9,21,26H,1H3;1H2. The number of hydrogen-bond acceptors (Lipinski definition) is 5. The third-order valence-corrected chi connectivity index (χ3v) is 4.29. The summed E-state index contributed by atoms with van der Waals surface area (Å²) in [5, 5.41) is 13.1. The zero-order valence-electron chi connectivity index (χ0n) is 13.9. The van der Waals surface area contributed by atoms with Gasteiger partial charge in [0.05, 0.1) is 22.6 Å². The Morgan fingerprint density at radius 1 is 0.963 bits per heavy atom. The summed E-state index contributed by atoms with van der Waals surface area (Å²) in [5.74, 6) is -0.834. The first kappa shape index (κ1) is 18.5. The van der Waals surface area contributed by atoms with Crippen LogP contribution in [0.5, 0.6) is 0 Å². The number of para-hydroxylation sites is 2. The van der Waals surface area contributed by atoms with Crippen LogP contribution < -0.4 is 20.5 Å². The van der Waals surface area contributed by atoms with Crippen molar-refractivity contribution in [1.29, 1.82) is 0 Å². The summed E-state index contributed by atoms with van der Waals surface area (Å²) in [4.78, 5) is 14.0. The van der Waals surface area contributed by atoms with Crippen LogP contribution in [-0.2, 0) is 11.0 Å². The third-order valence-electron chi connectivity index (χ3n) is 4.29. The molecule has 0 saturated heterocycles. The topological polar surface area (TPSA) is 90.6 Å². The number of benzene rings is 2. The minimum Gasteiger partial charge on any atom is -0.492 e. The molecule has 2 aliphatic heterocycles. The van der Waals surface area contributed by atoms with Crippen molar-refractivity contribution >= 4 is 23.0 Å². The molecule has 2 heterocycles. The minimum absolute atomic E-state index is 0. The highest BCUT2D eigenvalue weighted by Crippen LogP contribution is 2.40. The number of halogens is 3. The normalized spacial score (nSPS) is 16.3. The summed E-state index contributed by atoms with van der Waals surface area (Å²) >= 11 is 0. The van der Waals surface area contributed by atoms with Crippen molar-refractivity contribution in [3.63, 3.8) is 0 Å². The number of nitrogens with one attached hydrogen (secondary N) is 1. The third kappa shape index (κ3) is 2.75. The van der Waals surface area contributed by atoms with E-state index in [0.717, 1.165) is 17.1 Å². The van der Waals surface area contributed by atoms with Crippen molar-refractivity contribution < 1.29 is 28.5 Å². The van der Waals surface area contributed by atoms with E-state index in [4.69, 9.17) is 0 Å². The Bertz CT molecular complexity index is 928. The molecule has 4 N–H and O–H groups in total. The van der Waals surface area contributed by atoms with Gasteiger partial charge >= 0.3 is 6.18 Å². The number of alkyl halides is 3. The van der Waals surface area contributed by atoms with E-state index in [1.807, 2.05) is 0 Å². The lowest BCUT2D eigenvalue weighted by molar-refractivity contribution is -0.137. The number of aliphatic hydroxyl groups is 1. The van der Waals surface area contributed by atoms with Gasteiger partial charge in [-0.1, -0.05) is 12.1 Å². The zero-order valence-corrected chi connectivity index (χ0v) is 13.9. The summed E-state index contributed by atoms with van der Waals surface area (Å²) in [6.45, 7) is 0. The zero-order chi connectivity index (χ0) is 18.6. The Balaban J connectivity index is 0.00000210. The van der Waals surface area contributed by atoms with Crippen molar-refractivity contribution in [2.75, 3.05) is 22.0 Å². The fourth-order valence-electron chi connectivity index (χ4n) is 2.95. The first-order valence-corrected chi connectivity index (χ1v) is 7.63. The maximum absolute atomic E-state index is 12.7. The van der Waals surface area contributed by atoms with Gasteiger partial charge in [-0.15, -0.1) is 5.53 Å². The number of carbonyl (C=O) groups is 1. The highest BCUT2D eigenvalue weighted by atomic mass is 19.4. The van der Waals surface area contributed by atoms with Gasteiger partial charge in [-0.05, 0) is 36.4 Å². The van der Waals surface area contributed by atoms with E-state index in [9.17, 15) is 23.1 Å². The predicted octanol–water partition coefficient (Wildman–Crippen LogP) is 2.33. The summed E-state index contributed by atoms with van der Waals surface area (Å²) < 4.78 is 38.2. The van der Waals surface area contributed by atoms with Gasteiger partial charge in [0.25, 0.3) is 5.91 Å². The molecule has 4 rings (SSSR count). The molecule has 2 aliphatic rings. The number of hydrazine groups is 2. The van der Waals surface area contributed by atoms with Crippen molar-refractivity contribution in [2.24, 2.45) is 0 Å². The molecule has 0 spiro atoms. The quantitative estimate of drug-likeness (QED) is 0.793. The second-order valence-corrected chi connectivity index (χ2v) is 5.84. The number of carbonyl (C=O) groups excluding carboxylic acids is 1. The molecule has 0 atom stereocenters. The number of hydrogen-bond donors (Lipinski definition) is 2. The summed E-state index contributed by atoms with van der Waals surface area (Å²) in [6, 6.07) is 11.3. The molecule has 0 radical (unpaired) electrons. The van der Waals surface area contributed by atoms with Crippen molar-refractivity contribution in [3.8, 4) is 0 Å². The highest BCUT2D eigenvalue weighted by Gasteiger charge is 2.42. The molecule has 27 heavy (non-hydrogen) atoms. The molecule has 0 fully saturated rings. The number of likely N-dealkylation sites (N-methyl/N-ethyl adjacent to an activating group) is 1. The molecule has 0 saturated carbocycles. The van der Waals surface area contributed by atoms with Gasteiger partial charge in [0.2, 0.25) is 5.88 Å². The van der Waals surface area contributed by atoms with Crippen LogP contribution in [0.4, 0.5) is 30.2 Å². The Labute approximate surface area is 151 Å². The van der Waals surface area contributed by atoms with E-state index in [1.165, 1.54) is 22.0 Å². The second kappa shape index (κ2) is 6.18. The SMILES string of the molecule is CN1C(=O)C2=C(O)N(c3ccc(C(F)(F)F)cc3)NN2c2ccccc21.O. The molecule has 0 bridgehead atoms.